The van der Waals surface area contributed by atoms with Crippen molar-refractivity contribution in [2.24, 2.45) is 5.73 Å². The van der Waals surface area contributed by atoms with Crippen molar-refractivity contribution in [3.63, 3.8) is 0 Å². The molecule has 0 bridgehead atoms. The molecule has 1 aromatic rings. The SMILES string of the molecule is Cc1cc2c(c(C(=O)NCC3(O)CCN(CCCC(N)=O)CC3)c1)CCCCC2. The molecule has 1 fully saturated rings. The van der Waals surface area contributed by atoms with Crippen molar-refractivity contribution in [3.05, 3.63) is 34.4 Å². The van der Waals surface area contributed by atoms with Crippen LogP contribution >= 0.6 is 0 Å². The van der Waals surface area contributed by atoms with Gasteiger partial charge in [-0.15, -0.1) is 0 Å². The van der Waals surface area contributed by atoms with Crippen LogP contribution in [0.5, 0.6) is 0 Å². The van der Waals surface area contributed by atoms with E-state index in [1.165, 1.54) is 24.0 Å². The van der Waals surface area contributed by atoms with Gasteiger partial charge in [0.05, 0.1) is 5.60 Å². The molecule has 1 saturated heterocycles. The molecule has 4 N–H and O–H groups in total. The summed E-state index contributed by atoms with van der Waals surface area (Å²) >= 11 is 0. The van der Waals surface area contributed by atoms with Crippen molar-refractivity contribution in [1.29, 1.82) is 0 Å². The van der Waals surface area contributed by atoms with Gasteiger partial charge in [0.15, 0.2) is 0 Å². The third kappa shape index (κ3) is 6.03. The lowest BCUT2D eigenvalue weighted by Gasteiger charge is -2.38. The molecule has 2 amide bonds. The molecule has 0 aromatic heterocycles. The third-order valence-electron chi connectivity index (χ3n) is 6.37. The van der Waals surface area contributed by atoms with E-state index in [4.69, 9.17) is 5.73 Å². The summed E-state index contributed by atoms with van der Waals surface area (Å²) in [5, 5.41) is 13.9. The molecule has 1 aliphatic carbocycles. The molecule has 29 heavy (non-hydrogen) atoms. The van der Waals surface area contributed by atoms with E-state index in [-0.39, 0.29) is 18.4 Å². The number of carbonyl (C=O) groups excluding carboxylic acids is 2. The smallest absolute Gasteiger partial charge is 0.251 e. The van der Waals surface area contributed by atoms with E-state index >= 15 is 0 Å². The van der Waals surface area contributed by atoms with Crippen molar-refractivity contribution in [3.8, 4) is 0 Å². The maximum Gasteiger partial charge on any atom is 0.251 e. The highest BCUT2D eigenvalue weighted by molar-refractivity contribution is 5.96. The fraction of sp³-hybridized carbons (Fsp3) is 0.652. The monoisotopic (exact) mass is 401 g/mol. The van der Waals surface area contributed by atoms with Crippen LogP contribution in [0.2, 0.25) is 0 Å². The van der Waals surface area contributed by atoms with Crippen LogP contribution in [0.15, 0.2) is 12.1 Å². The number of hydrogen-bond donors (Lipinski definition) is 3. The first-order valence-corrected chi connectivity index (χ1v) is 11.0. The summed E-state index contributed by atoms with van der Waals surface area (Å²) in [6.07, 6.45) is 7.94. The topological polar surface area (TPSA) is 95.7 Å². The van der Waals surface area contributed by atoms with Gasteiger partial charge in [0.2, 0.25) is 5.91 Å². The lowest BCUT2D eigenvalue weighted by atomic mass is 9.90. The van der Waals surface area contributed by atoms with E-state index in [0.29, 0.717) is 19.3 Å². The van der Waals surface area contributed by atoms with Crippen LogP contribution in [0.25, 0.3) is 0 Å². The Labute approximate surface area is 173 Å². The number of fused-ring (bicyclic) bond motifs is 1. The molecule has 0 saturated carbocycles. The number of amides is 2. The van der Waals surface area contributed by atoms with Crippen molar-refractivity contribution in [2.45, 2.75) is 70.3 Å². The molecule has 1 heterocycles. The van der Waals surface area contributed by atoms with Gasteiger partial charge in [-0.05, 0) is 75.6 Å². The molecule has 0 unspecified atom stereocenters. The maximum absolute atomic E-state index is 13.0. The highest BCUT2D eigenvalue weighted by Gasteiger charge is 2.32. The summed E-state index contributed by atoms with van der Waals surface area (Å²) in [6, 6.07) is 4.21. The number of piperidine rings is 1. The third-order valence-corrected chi connectivity index (χ3v) is 6.37. The number of nitrogens with two attached hydrogens (primary N) is 1. The van der Waals surface area contributed by atoms with Crippen LogP contribution in [0.4, 0.5) is 0 Å². The first-order chi connectivity index (χ1) is 13.9. The first-order valence-electron chi connectivity index (χ1n) is 11.0. The molecule has 160 valence electrons. The number of nitrogens with zero attached hydrogens (tertiary/aromatic N) is 1. The average Bonchev–Trinajstić information content (AvgIpc) is 2.92. The van der Waals surface area contributed by atoms with E-state index in [9.17, 15) is 14.7 Å². The molecule has 1 aromatic carbocycles. The van der Waals surface area contributed by atoms with Crippen LogP contribution in [-0.2, 0) is 17.6 Å². The highest BCUT2D eigenvalue weighted by Crippen LogP contribution is 2.26. The van der Waals surface area contributed by atoms with Gasteiger partial charge in [-0.3, -0.25) is 9.59 Å². The molecule has 1 aliphatic heterocycles. The van der Waals surface area contributed by atoms with E-state index in [1.807, 2.05) is 13.0 Å². The van der Waals surface area contributed by atoms with Gasteiger partial charge in [0.1, 0.15) is 0 Å². The Balaban J connectivity index is 1.55. The Bertz CT molecular complexity index is 739. The van der Waals surface area contributed by atoms with Crippen molar-refractivity contribution in [2.75, 3.05) is 26.2 Å². The number of aliphatic hydroxyl groups is 1. The minimum atomic E-state index is -0.864. The minimum Gasteiger partial charge on any atom is -0.388 e. The first kappa shape index (κ1) is 21.8. The second kappa shape index (κ2) is 9.72. The Morgan fingerprint density at radius 3 is 2.62 bits per heavy atom. The number of rotatable bonds is 7. The second-order valence-electron chi connectivity index (χ2n) is 8.83. The number of aryl methyl sites for hydroxylation is 2. The molecule has 0 radical (unpaired) electrons. The van der Waals surface area contributed by atoms with Gasteiger partial charge in [-0.2, -0.15) is 0 Å². The summed E-state index contributed by atoms with van der Waals surface area (Å²) in [7, 11) is 0. The van der Waals surface area contributed by atoms with E-state index < -0.39 is 5.60 Å². The van der Waals surface area contributed by atoms with Crippen LogP contribution < -0.4 is 11.1 Å². The average molecular weight is 402 g/mol. The van der Waals surface area contributed by atoms with E-state index in [0.717, 1.165) is 56.4 Å². The summed E-state index contributed by atoms with van der Waals surface area (Å²) < 4.78 is 0. The number of benzene rings is 1. The van der Waals surface area contributed by atoms with Crippen molar-refractivity contribution in [1.82, 2.24) is 10.2 Å². The number of carbonyl (C=O) groups is 2. The van der Waals surface area contributed by atoms with Gasteiger partial charge in [-0.25, -0.2) is 0 Å². The van der Waals surface area contributed by atoms with Gasteiger partial charge < -0.3 is 21.1 Å². The minimum absolute atomic E-state index is 0.0656. The molecular weight excluding hydrogens is 366 g/mol. The Kier molecular flexibility index (Phi) is 7.30. The van der Waals surface area contributed by atoms with Gasteiger partial charge in [0, 0.05) is 31.6 Å². The summed E-state index contributed by atoms with van der Waals surface area (Å²) in [6.45, 7) is 4.68. The lowest BCUT2D eigenvalue weighted by molar-refractivity contribution is -0.118. The fourth-order valence-electron chi connectivity index (χ4n) is 4.59. The zero-order valence-electron chi connectivity index (χ0n) is 17.6. The number of primary amides is 1. The molecule has 6 nitrogen and oxygen atoms in total. The Morgan fingerprint density at radius 2 is 1.90 bits per heavy atom. The predicted molar refractivity (Wildman–Crippen MR) is 114 cm³/mol. The standard InChI is InChI=1S/C23H35N3O3/c1-17-14-18-6-3-2-4-7-19(18)20(15-17)22(28)25-16-23(29)9-12-26(13-10-23)11-5-8-21(24)27/h14-15,29H,2-13,16H2,1H3,(H2,24,27)(H,25,28). The second-order valence-corrected chi connectivity index (χ2v) is 8.83. The quantitative estimate of drug-likeness (QED) is 0.610. The van der Waals surface area contributed by atoms with Crippen molar-refractivity contribution < 1.29 is 14.7 Å². The van der Waals surface area contributed by atoms with Crippen LogP contribution in [-0.4, -0.2) is 53.6 Å². The van der Waals surface area contributed by atoms with Crippen LogP contribution in [0, 0.1) is 6.92 Å². The Morgan fingerprint density at radius 1 is 1.17 bits per heavy atom. The van der Waals surface area contributed by atoms with E-state index in [2.05, 4.69) is 16.3 Å². The Hall–Kier alpha value is -1.92. The molecule has 0 spiro atoms. The summed E-state index contributed by atoms with van der Waals surface area (Å²) in [5.74, 6) is -0.334. The largest absolute Gasteiger partial charge is 0.388 e. The zero-order chi connectivity index (χ0) is 20.9. The lowest BCUT2D eigenvalue weighted by Crippen LogP contribution is -2.51. The van der Waals surface area contributed by atoms with E-state index in [1.54, 1.807) is 0 Å². The maximum atomic E-state index is 13.0. The number of nitrogens with one attached hydrogen (secondary N) is 1. The van der Waals surface area contributed by atoms with Gasteiger partial charge >= 0.3 is 0 Å². The normalized spacial score (nSPS) is 19.2. The van der Waals surface area contributed by atoms with Gasteiger partial charge in [0.25, 0.3) is 5.91 Å². The molecule has 6 heteroatoms. The summed E-state index contributed by atoms with van der Waals surface area (Å²) in [5.41, 5.74) is 8.75. The van der Waals surface area contributed by atoms with Crippen LogP contribution in [0.3, 0.4) is 0 Å². The molecule has 2 aliphatic rings. The predicted octanol–water partition coefficient (Wildman–Crippen LogP) is 2.09. The van der Waals surface area contributed by atoms with Crippen molar-refractivity contribution >= 4 is 11.8 Å². The van der Waals surface area contributed by atoms with Crippen LogP contribution in [0.1, 0.15) is 72.0 Å². The summed E-state index contributed by atoms with van der Waals surface area (Å²) in [4.78, 5) is 26.1. The fourth-order valence-corrected chi connectivity index (χ4v) is 4.59. The number of likely N-dealkylation sites (tertiary alicyclic amines) is 1. The van der Waals surface area contributed by atoms with Gasteiger partial charge in [-0.1, -0.05) is 18.1 Å². The number of hydrogen-bond acceptors (Lipinski definition) is 4. The molecule has 0 atom stereocenters. The molecular formula is C23H35N3O3. The highest BCUT2D eigenvalue weighted by atomic mass is 16.3. The zero-order valence-corrected chi connectivity index (χ0v) is 17.6. The molecule has 3 rings (SSSR count).